The summed E-state index contributed by atoms with van der Waals surface area (Å²) in [6.45, 7) is 2.60. The number of halogens is 1. The Morgan fingerprint density at radius 3 is 2.88 bits per heavy atom. The normalized spacial score (nSPS) is 11.9. The molecule has 3 N–H and O–H groups in total. The second-order valence-electron chi connectivity index (χ2n) is 3.31. The van der Waals surface area contributed by atoms with E-state index in [-0.39, 0.29) is 12.6 Å². The lowest BCUT2D eigenvalue weighted by Gasteiger charge is -2.12. The lowest BCUT2D eigenvalue weighted by Crippen LogP contribution is -2.37. The Kier molecular flexibility index (Phi) is 5.28. The van der Waals surface area contributed by atoms with Gasteiger partial charge in [0.2, 0.25) is 0 Å². The molecular formula is C11H15BrN2O2. The molecule has 0 aliphatic rings. The number of urea groups is 1. The molecule has 1 aromatic rings. The van der Waals surface area contributed by atoms with Crippen LogP contribution in [0.25, 0.3) is 0 Å². The summed E-state index contributed by atoms with van der Waals surface area (Å²) in [7, 11) is 0. The van der Waals surface area contributed by atoms with Crippen LogP contribution in [0.15, 0.2) is 28.7 Å². The van der Waals surface area contributed by atoms with Crippen molar-refractivity contribution < 1.29 is 9.90 Å². The highest BCUT2D eigenvalue weighted by molar-refractivity contribution is 9.10. The maximum atomic E-state index is 11.1. The number of hydrogen-bond acceptors (Lipinski definition) is 2. The first-order valence-electron chi connectivity index (χ1n) is 5.08. The first-order valence-corrected chi connectivity index (χ1v) is 5.88. The number of nitrogens with one attached hydrogen (secondary N) is 2. The van der Waals surface area contributed by atoms with Crippen molar-refractivity contribution >= 4 is 22.0 Å². The van der Waals surface area contributed by atoms with Gasteiger partial charge < -0.3 is 15.7 Å². The molecule has 1 aromatic carbocycles. The van der Waals surface area contributed by atoms with Gasteiger partial charge in [-0.2, -0.15) is 0 Å². The average Bonchev–Trinajstić information content (AvgIpc) is 2.26. The molecule has 88 valence electrons. The van der Waals surface area contributed by atoms with Crippen molar-refractivity contribution in [1.29, 1.82) is 0 Å². The Morgan fingerprint density at radius 2 is 2.25 bits per heavy atom. The molecule has 0 aliphatic heterocycles. The van der Waals surface area contributed by atoms with E-state index in [0.29, 0.717) is 6.54 Å². The van der Waals surface area contributed by atoms with E-state index in [9.17, 15) is 9.90 Å². The quantitative estimate of drug-likeness (QED) is 0.790. The van der Waals surface area contributed by atoms with Crippen LogP contribution in [0.3, 0.4) is 0 Å². The van der Waals surface area contributed by atoms with Gasteiger partial charge in [0, 0.05) is 17.6 Å². The lowest BCUT2D eigenvalue weighted by atomic mass is 10.1. The van der Waals surface area contributed by atoms with Gasteiger partial charge in [-0.1, -0.05) is 28.1 Å². The van der Waals surface area contributed by atoms with Crippen molar-refractivity contribution in [3.05, 3.63) is 34.3 Å². The summed E-state index contributed by atoms with van der Waals surface area (Å²) in [6, 6.07) is 7.10. The molecule has 0 radical (unpaired) electrons. The van der Waals surface area contributed by atoms with Gasteiger partial charge in [-0.3, -0.25) is 0 Å². The number of benzene rings is 1. The molecule has 0 fully saturated rings. The summed E-state index contributed by atoms with van der Waals surface area (Å²) in [5, 5.41) is 15.0. The van der Waals surface area contributed by atoms with E-state index in [1.807, 2.05) is 31.2 Å². The number of aliphatic hydroxyl groups excluding tert-OH is 1. The van der Waals surface area contributed by atoms with E-state index < -0.39 is 6.10 Å². The summed E-state index contributed by atoms with van der Waals surface area (Å²) in [6.07, 6.45) is -0.694. The standard InChI is InChI=1S/C11H15BrN2O2/c1-2-13-11(16)14-7-10(15)8-4-3-5-9(12)6-8/h3-6,10,15H,2,7H2,1H3,(H2,13,14,16). The summed E-state index contributed by atoms with van der Waals surface area (Å²) >= 11 is 3.32. The molecule has 0 heterocycles. The molecule has 0 saturated heterocycles. The van der Waals surface area contributed by atoms with Gasteiger partial charge in [0.1, 0.15) is 0 Å². The summed E-state index contributed by atoms with van der Waals surface area (Å²) in [5.41, 5.74) is 0.770. The first kappa shape index (κ1) is 13.0. The fraction of sp³-hybridized carbons (Fsp3) is 0.364. The maximum Gasteiger partial charge on any atom is 0.314 e. The highest BCUT2D eigenvalue weighted by atomic mass is 79.9. The van der Waals surface area contributed by atoms with Crippen LogP contribution in [0.2, 0.25) is 0 Å². The second kappa shape index (κ2) is 6.50. The fourth-order valence-electron chi connectivity index (χ4n) is 1.24. The molecule has 0 saturated carbocycles. The van der Waals surface area contributed by atoms with Gasteiger partial charge >= 0.3 is 6.03 Å². The van der Waals surface area contributed by atoms with Crippen LogP contribution in [0.4, 0.5) is 4.79 Å². The van der Waals surface area contributed by atoms with Crippen LogP contribution in [-0.2, 0) is 0 Å². The average molecular weight is 287 g/mol. The van der Waals surface area contributed by atoms with E-state index in [2.05, 4.69) is 26.6 Å². The minimum Gasteiger partial charge on any atom is -0.387 e. The third-order valence-electron chi connectivity index (χ3n) is 2.03. The van der Waals surface area contributed by atoms with Crippen molar-refractivity contribution in [2.45, 2.75) is 13.0 Å². The zero-order valence-corrected chi connectivity index (χ0v) is 10.6. The molecular weight excluding hydrogens is 272 g/mol. The molecule has 2 amide bonds. The maximum absolute atomic E-state index is 11.1. The minimum atomic E-state index is -0.694. The van der Waals surface area contributed by atoms with E-state index >= 15 is 0 Å². The number of rotatable bonds is 4. The van der Waals surface area contributed by atoms with Crippen molar-refractivity contribution in [2.24, 2.45) is 0 Å². The van der Waals surface area contributed by atoms with Crippen LogP contribution in [0.5, 0.6) is 0 Å². The van der Waals surface area contributed by atoms with Crippen LogP contribution < -0.4 is 10.6 Å². The van der Waals surface area contributed by atoms with Crippen LogP contribution in [0, 0.1) is 0 Å². The second-order valence-corrected chi connectivity index (χ2v) is 4.23. The molecule has 1 rings (SSSR count). The van der Waals surface area contributed by atoms with Gasteiger partial charge in [-0.05, 0) is 24.6 Å². The van der Waals surface area contributed by atoms with Crippen molar-refractivity contribution in [1.82, 2.24) is 10.6 Å². The summed E-state index contributed by atoms with van der Waals surface area (Å²) < 4.78 is 0.905. The van der Waals surface area contributed by atoms with E-state index in [1.165, 1.54) is 0 Å². The van der Waals surface area contributed by atoms with E-state index in [1.54, 1.807) is 0 Å². The predicted octanol–water partition coefficient (Wildman–Crippen LogP) is 1.80. The zero-order chi connectivity index (χ0) is 12.0. The largest absolute Gasteiger partial charge is 0.387 e. The van der Waals surface area contributed by atoms with Crippen LogP contribution >= 0.6 is 15.9 Å². The van der Waals surface area contributed by atoms with Crippen LogP contribution in [-0.4, -0.2) is 24.2 Å². The topological polar surface area (TPSA) is 61.4 Å². The summed E-state index contributed by atoms with van der Waals surface area (Å²) in [4.78, 5) is 11.1. The van der Waals surface area contributed by atoms with Crippen molar-refractivity contribution in [3.63, 3.8) is 0 Å². The Balaban J connectivity index is 2.46. The Labute approximate surface area is 103 Å². The molecule has 0 bridgehead atoms. The first-order chi connectivity index (χ1) is 7.63. The number of aliphatic hydroxyl groups is 1. The molecule has 5 heteroatoms. The predicted molar refractivity (Wildman–Crippen MR) is 66.2 cm³/mol. The Hall–Kier alpha value is -1.07. The molecule has 0 spiro atoms. The minimum absolute atomic E-state index is 0.197. The van der Waals surface area contributed by atoms with Crippen molar-refractivity contribution in [2.75, 3.05) is 13.1 Å². The number of carbonyl (C=O) groups excluding carboxylic acids is 1. The number of amides is 2. The highest BCUT2D eigenvalue weighted by Gasteiger charge is 2.08. The number of carbonyl (C=O) groups is 1. The van der Waals surface area contributed by atoms with Gasteiger partial charge in [-0.15, -0.1) is 0 Å². The molecule has 1 atom stereocenters. The highest BCUT2D eigenvalue weighted by Crippen LogP contribution is 2.17. The SMILES string of the molecule is CCNC(=O)NCC(O)c1cccc(Br)c1. The monoisotopic (exact) mass is 286 g/mol. The third kappa shape index (κ3) is 4.20. The smallest absolute Gasteiger partial charge is 0.314 e. The Bertz CT molecular complexity index is 358. The molecule has 1 unspecified atom stereocenters. The summed E-state index contributed by atoms with van der Waals surface area (Å²) in [5.74, 6) is 0. The molecule has 0 aromatic heterocycles. The van der Waals surface area contributed by atoms with Gasteiger partial charge in [0.25, 0.3) is 0 Å². The van der Waals surface area contributed by atoms with Crippen LogP contribution in [0.1, 0.15) is 18.6 Å². The molecule has 0 aliphatic carbocycles. The molecule has 4 nitrogen and oxygen atoms in total. The van der Waals surface area contributed by atoms with Crippen molar-refractivity contribution in [3.8, 4) is 0 Å². The van der Waals surface area contributed by atoms with E-state index in [4.69, 9.17) is 0 Å². The number of hydrogen-bond donors (Lipinski definition) is 3. The lowest BCUT2D eigenvalue weighted by molar-refractivity contribution is 0.173. The van der Waals surface area contributed by atoms with Gasteiger partial charge in [0.15, 0.2) is 0 Å². The van der Waals surface area contributed by atoms with Gasteiger partial charge in [0.05, 0.1) is 6.10 Å². The van der Waals surface area contributed by atoms with E-state index in [0.717, 1.165) is 10.0 Å². The third-order valence-corrected chi connectivity index (χ3v) is 2.52. The Morgan fingerprint density at radius 1 is 1.50 bits per heavy atom. The molecule has 16 heavy (non-hydrogen) atoms. The fourth-order valence-corrected chi connectivity index (χ4v) is 1.66. The zero-order valence-electron chi connectivity index (χ0n) is 9.03. The van der Waals surface area contributed by atoms with Gasteiger partial charge in [-0.25, -0.2) is 4.79 Å².